The molecule has 3 nitrogen and oxygen atoms in total. The number of esters is 1. The van der Waals surface area contributed by atoms with E-state index in [2.05, 4.69) is 15.9 Å². The van der Waals surface area contributed by atoms with Crippen LogP contribution in [0, 0.1) is 12.3 Å². The van der Waals surface area contributed by atoms with Crippen molar-refractivity contribution in [3.05, 3.63) is 29.8 Å². The van der Waals surface area contributed by atoms with Gasteiger partial charge in [-0.3, -0.25) is 0 Å². The molecule has 0 aliphatic heterocycles. The van der Waals surface area contributed by atoms with Crippen molar-refractivity contribution >= 4 is 5.97 Å². The Bertz CT molecular complexity index is 435. The zero-order valence-electron chi connectivity index (χ0n) is 8.37. The predicted molar refractivity (Wildman–Crippen MR) is 52.2 cm³/mol. The fraction of sp³-hybridized carbons (Fsp3) is 0.182. The fourth-order valence-corrected chi connectivity index (χ4v) is 0.982. The van der Waals surface area contributed by atoms with E-state index in [0.29, 0.717) is 0 Å². The first-order chi connectivity index (χ1) is 7.48. The maximum absolute atomic E-state index is 12.7. The maximum atomic E-state index is 12.7. The molecule has 0 aliphatic rings. The van der Waals surface area contributed by atoms with Crippen molar-refractivity contribution in [2.45, 2.75) is 6.11 Å². The number of methoxy groups -OCH3 is 1. The predicted octanol–water partition coefficient (Wildman–Crippen LogP) is 2.08. The zero-order valence-corrected chi connectivity index (χ0v) is 8.37. The quantitative estimate of drug-likeness (QED) is 0.584. The van der Waals surface area contributed by atoms with E-state index in [-0.39, 0.29) is 11.3 Å². The number of carbonyl (C=O) groups excluding carboxylic acids is 1. The van der Waals surface area contributed by atoms with Crippen LogP contribution in [0.1, 0.15) is 10.4 Å². The van der Waals surface area contributed by atoms with Gasteiger partial charge in [0.1, 0.15) is 5.75 Å². The molecule has 0 fully saturated rings. The number of hydrogen-bond acceptors (Lipinski definition) is 3. The molecule has 0 saturated heterocycles. The Kier molecular flexibility index (Phi) is 3.46. The molecule has 0 saturated carbocycles. The summed E-state index contributed by atoms with van der Waals surface area (Å²) >= 11 is 0. The average Bonchev–Trinajstić information content (AvgIpc) is 2.28. The second-order valence-corrected chi connectivity index (χ2v) is 2.78. The number of terminal acetylenes is 1. The van der Waals surface area contributed by atoms with Gasteiger partial charge in [0.05, 0.1) is 12.7 Å². The molecule has 1 aromatic rings. The first-order valence-corrected chi connectivity index (χ1v) is 4.21. The molecule has 0 atom stereocenters. The second kappa shape index (κ2) is 4.62. The largest absolute Gasteiger partial charge is 0.468 e. The van der Waals surface area contributed by atoms with Crippen LogP contribution in [0.15, 0.2) is 24.3 Å². The molecule has 0 unspecified atom stereocenters. The minimum Gasteiger partial charge on any atom is -0.465 e. The lowest BCUT2D eigenvalue weighted by Gasteiger charge is -2.12. The summed E-state index contributed by atoms with van der Waals surface area (Å²) < 4.78 is 34.0. The Morgan fingerprint density at radius 2 is 2.19 bits per heavy atom. The highest BCUT2D eigenvalue weighted by molar-refractivity contribution is 5.89. The Hall–Kier alpha value is -2.09. The van der Waals surface area contributed by atoms with Crippen LogP contribution in [0.4, 0.5) is 8.78 Å². The number of halogens is 2. The molecule has 0 bridgehead atoms. The molecule has 0 spiro atoms. The van der Waals surface area contributed by atoms with Crippen LogP contribution in [0.25, 0.3) is 0 Å². The molecule has 0 aliphatic carbocycles. The van der Waals surface area contributed by atoms with E-state index in [4.69, 9.17) is 0 Å². The molecule has 5 heteroatoms. The van der Waals surface area contributed by atoms with E-state index < -0.39 is 12.1 Å². The van der Waals surface area contributed by atoms with Crippen molar-refractivity contribution in [1.29, 1.82) is 0 Å². The van der Waals surface area contributed by atoms with E-state index in [1.165, 1.54) is 31.2 Å². The van der Waals surface area contributed by atoms with Gasteiger partial charge in [0, 0.05) is 5.92 Å². The molecular weight excluding hydrogens is 218 g/mol. The third-order valence-electron chi connectivity index (χ3n) is 1.67. The standard InChI is InChI=1S/C11H8F2O3/c1-3-11(12,13)16-9-6-4-5-8(7-9)10(14)15-2/h1,4-7H,2H3. The number of rotatable bonds is 3. The molecule has 0 N–H and O–H groups in total. The minimum atomic E-state index is -3.70. The topological polar surface area (TPSA) is 35.5 Å². The molecule has 1 rings (SSSR count). The average molecular weight is 226 g/mol. The highest BCUT2D eigenvalue weighted by Crippen LogP contribution is 2.21. The van der Waals surface area contributed by atoms with Crippen LogP contribution in [-0.2, 0) is 4.74 Å². The van der Waals surface area contributed by atoms with Crippen LogP contribution in [-0.4, -0.2) is 19.2 Å². The third kappa shape index (κ3) is 2.95. The van der Waals surface area contributed by atoms with Crippen molar-refractivity contribution < 1.29 is 23.0 Å². The highest BCUT2D eigenvalue weighted by Gasteiger charge is 2.28. The smallest absolute Gasteiger partial charge is 0.465 e. The van der Waals surface area contributed by atoms with Gasteiger partial charge < -0.3 is 9.47 Å². The van der Waals surface area contributed by atoms with Crippen LogP contribution in [0.3, 0.4) is 0 Å². The fourth-order valence-electron chi connectivity index (χ4n) is 0.982. The maximum Gasteiger partial charge on any atom is 0.468 e. The van der Waals surface area contributed by atoms with Gasteiger partial charge in [-0.25, -0.2) is 4.79 Å². The number of benzene rings is 1. The molecule has 0 heterocycles. The summed E-state index contributed by atoms with van der Waals surface area (Å²) in [4.78, 5) is 11.1. The molecule has 1 aromatic carbocycles. The summed E-state index contributed by atoms with van der Waals surface area (Å²) in [5.41, 5.74) is 0.104. The first kappa shape index (κ1) is 12.0. The van der Waals surface area contributed by atoms with Crippen molar-refractivity contribution in [3.63, 3.8) is 0 Å². The summed E-state index contributed by atoms with van der Waals surface area (Å²) in [6, 6.07) is 5.18. The molecular formula is C11H8F2O3. The van der Waals surface area contributed by atoms with E-state index in [1.54, 1.807) is 0 Å². The van der Waals surface area contributed by atoms with Gasteiger partial charge in [-0.2, -0.15) is 8.78 Å². The third-order valence-corrected chi connectivity index (χ3v) is 1.67. The van der Waals surface area contributed by atoms with Gasteiger partial charge in [-0.15, -0.1) is 6.42 Å². The van der Waals surface area contributed by atoms with Gasteiger partial charge in [0.25, 0.3) is 0 Å². The molecule has 0 aromatic heterocycles. The number of carbonyl (C=O) groups is 1. The Balaban J connectivity index is 2.92. The SMILES string of the molecule is C#CC(F)(F)Oc1cccc(C(=O)OC)c1. The van der Waals surface area contributed by atoms with Crippen molar-refractivity contribution in [1.82, 2.24) is 0 Å². The van der Waals surface area contributed by atoms with Crippen LogP contribution in [0.5, 0.6) is 5.75 Å². The summed E-state index contributed by atoms with van der Waals surface area (Å²) in [5.74, 6) is 0.334. The summed E-state index contributed by atoms with van der Waals surface area (Å²) in [6.07, 6.45) is 0.862. The number of hydrogen-bond donors (Lipinski definition) is 0. The van der Waals surface area contributed by atoms with Gasteiger partial charge in [0.2, 0.25) is 0 Å². The molecule has 16 heavy (non-hydrogen) atoms. The second-order valence-electron chi connectivity index (χ2n) is 2.78. The van der Waals surface area contributed by atoms with Gasteiger partial charge in [-0.05, 0) is 18.2 Å². The lowest BCUT2D eigenvalue weighted by molar-refractivity contribution is -0.122. The van der Waals surface area contributed by atoms with Gasteiger partial charge in [0.15, 0.2) is 0 Å². The first-order valence-electron chi connectivity index (χ1n) is 4.21. The van der Waals surface area contributed by atoms with Gasteiger partial charge >= 0.3 is 12.1 Å². The molecule has 0 amide bonds. The lowest BCUT2D eigenvalue weighted by Crippen LogP contribution is -2.21. The summed E-state index contributed by atoms with van der Waals surface area (Å²) in [7, 11) is 1.19. The van der Waals surface area contributed by atoms with E-state index in [1.807, 2.05) is 0 Å². The van der Waals surface area contributed by atoms with Crippen molar-refractivity contribution in [3.8, 4) is 18.1 Å². The summed E-state index contributed by atoms with van der Waals surface area (Å²) in [5, 5.41) is 0. The van der Waals surface area contributed by atoms with E-state index in [0.717, 1.165) is 6.07 Å². The Morgan fingerprint density at radius 1 is 1.50 bits per heavy atom. The molecule has 84 valence electrons. The van der Waals surface area contributed by atoms with E-state index >= 15 is 0 Å². The van der Waals surface area contributed by atoms with Crippen LogP contribution < -0.4 is 4.74 Å². The summed E-state index contributed by atoms with van der Waals surface area (Å²) in [6.45, 7) is 0. The number of ether oxygens (including phenoxy) is 2. The Morgan fingerprint density at radius 3 is 2.75 bits per heavy atom. The van der Waals surface area contributed by atoms with Crippen molar-refractivity contribution in [2.24, 2.45) is 0 Å². The van der Waals surface area contributed by atoms with E-state index in [9.17, 15) is 13.6 Å². The monoisotopic (exact) mass is 226 g/mol. The highest BCUT2D eigenvalue weighted by atomic mass is 19.3. The van der Waals surface area contributed by atoms with Crippen LogP contribution in [0.2, 0.25) is 0 Å². The molecule has 0 radical (unpaired) electrons. The zero-order chi connectivity index (χ0) is 12.2. The lowest BCUT2D eigenvalue weighted by atomic mass is 10.2. The number of alkyl halides is 2. The van der Waals surface area contributed by atoms with Gasteiger partial charge in [-0.1, -0.05) is 6.07 Å². The van der Waals surface area contributed by atoms with Crippen LogP contribution >= 0.6 is 0 Å². The Labute approximate surface area is 91.0 Å². The minimum absolute atomic E-state index is 0.104. The van der Waals surface area contributed by atoms with Crippen molar-refractivity contribution in [2.75, 3.05) is 7.11 Å². The normalized spacial score (nSPS) is 10.4.